The van der Waals surface area contributed by atoms with Crippen molar-refractivity contribution in [3.05, 3.63) is 60.4 Å². The second-order valence-corrected chi connectivity index (χ2v) is 8.20. The number of nitrogens with zero attached hydrogens (tertiary/aromatic N) is 2. The Balaban J connectivity index is 1.80. The van der Waals surface area contributed by atoms with Crippen LogP contribution >= 0.6 is 0 Å². The van der Waals surface area contributed by atoms with Crippen molar-refractivity contribution in [3.63, 3.8) is 0 Å². The standard InChI is InChI=1S/C17H15FN2O3S/c18-12-6-8-14(9-7-12)20-16-11-24(22,23)10-15(16)19(17(20)21)13-4-2-1-3-5-13/h1-9,15-16H,10-11H2/t15-,16+/m0/s1. The molecule has 2 amide bonds. The Morgan fingerprint density at radius 2 is 1.33 bits per heavy atom. The number of benzene rings is 2. The summed E-state index contributed by atoms with van der Waals surface area (Å²) in [5.74, 6) is -0.541. The molecule has 5 nitrogen and oxygen atoms in total. The SMILES string of the molecule is O=C1N(c2ccc(F)cc2)[C@@H]2CS(=O)(=O)C[C@@H]2N1c1ccccc1. The minimum Gasteiger partial charge on any atom is -0.288 e. The van der Waals surface area contributed by atoms with Crippen LogP contribution in [0.25, 0.3) is 0 Å². The van der Waals surface area contributed by atoms with E-state index in [1.54, 1.807) is 17.0 Å². The average Bonchev–Trinajstić information content (AvgIpc) is 2.98. The van der Waals surface area contributed by atoms with Gasteiger partial charge in [-0.2, -0.15) is 0 Å². The monoisotopic (exact) mass is 346 g/mol. The lowest BCUT2D eigenvalue weighted by Gasteiger charge is -2.22. The highest BCUT2D eigenvalue weighted by molar-refractivity contribution is 7.91. The third kappa shape index (κ3) is 2.36. The Kier molecular flexibility index (Phi) is 3.35. The van der Waals surface area contributed by atoms with E-state index in [9.17, 15) is 17.6 Å². The van der Waals surface area contributed by atoms with Gasteiger partial charge in [0.15, 0.2) is 9.84 Å². The molecule has 2 heterocycles. The highest BCUT2D eigenvalue weighted by atomic mass is 32.2. The predicted molar refractivity (Wildman–Crippen MR) is 89.4 cm³/mol. The lowest BCUT2D eigenvalue weighted by molar-refractivity contribution is 0.255. The molecular weight excluding hydrogens is 331 g/mol. The summed E-state index contributed by atoms with van der Waals surface area (Å²) in [4.78, 5) is 16.0. The predicted octanol–water partition coefficient (Wildman–Crippen LogP) is 2.44. The van der Waals surface area contributed by atoms with Crippen molar-refractivity contribution in [2.75, 3.05) is 21.3 Å². The Morgan fingerprint density at radius 1 is 0.833 bits per heavy atom. The smallest absolute Gasteiger partial charge is 0.288 e. The van der Waals surface area contributed by atoms with Crippen molar-refractivity contribution in [2.45, 2.75) is 12.1 Å². The Hall–Kier alpha value is -2.41. The number of carbonyl (C=O) groups excluding carboxylic acids is 1. The van der Waals surface area contributed by atoms with E-state index in [1.165, 1.54) is 29.2 Å². The number of halogens is 1. The lowest BCUT2D eigenvalue weighted by atomic mass is 10.1. The second kappa shape index (κ2) is 5.31. The molecule has 7 heteroatoms. The van der Waals surface area contributed by atoms with Gasteiger partial charge in [0.25, 0.3) is 0 Å². The Morgan fingerprint density at radius 3 is 1.88 bits per heavy atom. The molecule has 2 saturated heterocycles. The van der Waals surface area contributed by atoms with Crippen LogP contribution < -0.4 is 9.80 Å². The molecule has 2 fully saturated rings. The number of sulfone groups is 1. The van der Waals surface area contributed by atoms with Crippen molar-refractivity contribution < 1.29 is 17.6 Å². The van der Waals surface area contributed by atoms with Gasteiger partial charge in [0.1, 0.15) is 5.82 Å². The van der Waals surface area contributed by atoms with E-state index in [1.807, 2.05) is 18.2 Å². The minimum atomic E-state index is -3.23. The summed E-state index contributed by atoms with van der Waals surface area (Å²) in [5, 5.41) is 0. The molecule has 24 heavy (non-hydrogen) atoms. The number of carbonyl (C=O) groups is 1. The van der Waals surface area contributed by atoms with Crippen molar-refractivity contribution in [1.82, 2.24) is 0 Å². The van der Waals surface area contributed by atoms with Crippen molar-refractivity contribution >= 4 is 27.2 Å². The van der Waals surface area contributed by atoms with Gasteiger partial charge in [-0.3, -0.25) is 9.80 Å². The summed E-state index contributed by atoms with van der Waals surface area (Å²) in [6, 6.07) is 13.4. The van der Waals surface area contributed by atoms with Crippen LogP contribution in [-0.4, -0.2) is 38.0 Å². The molecule has 2 atom stereocenters. The number of anilines is 2. The van der Waals surface area contributed by atoms with Crippen LogP contribution in [0.1, 0.15) is 0 Å². The van der Waals surface area contributed by atoms with Gasteiger partial charge in [0.2, 0.25) is 0 Å². The van der Waals surface area contributed by atoms with E-state index in [0.717, 1.165) is 0 Å². The molecule has 0 saturated carbocycles. The molecule has 0 aromatic heterocycles. The fourth-order valence-electron chi connectivity index (χ4n) is 3.50. The molecule has 4 rings (SSSR count). The summed E-state index contributed by atoms with van der Waals surface area (Å²) in [6.07, 6.45) is 0. The molecule has 0 radical (unpaired) electrons. The number of amides is 2. The number of rotatable bonds is 2. The van der Waals surface area contributed by atoms with Gasteiger partial charge < -0.3 is 0 Å². The third-order valence-corrected chi connectivity index (χ3v) is 6.21. The van der Waals surface area contributed by atoms with Gasteiger partial charge in [-0.25, -0.2) is 17.6 Å². The van der Waals surface area contributed by atoms with Crippen molar-refractivity contribution in [3.8, 4) is 0 Å². The Bertz CT molecular complexity index is 884. The first-order chi connectivity index (χ1) is 11.5. The molecule has 2 aromatic carbocycles. The van der Waals surface area contributed by atoms with E-state index < -0.39 is 27.7 Å². The molecule has 2 aromatic rings. The van der Waals surface area contributed by atoms with Crippen LogP contribution in [-0.2, 0) is 9.84 Å². The first-order valence-corrected chi connectivity index (χ1v) is 9.42. The summed E-state index contributed by atoms with van der Waals surface area (Å²) in [6.45, 7) is 0. The van der Waals surface area contributed by atoms with Gasteiger partial charge in [0, 0.05) is 11.4 Å². The van der Waals surface area contributed by atoms with E-state index >= 15 is 0 Å². The minimum absolute atomic E-state index is 0.0595. The third-order valence-electron chi connectivity index (χ3n) is 4.51. The maximum absolute atomic E-state index is 13.2. The van der Waals surface area contributed by atoms with E-state index in [4.69, 9.17) is 0 Å². The van der Waals surface area contributed by atoms with Gasteiger partial charge in [-0.1, -0.05) is 18.2 Å². The Labute approximate surface area is 139 Å². The van der Waals surface area contributed by atoms with E-state index in [2.05, 4.69) is 0 Å². The van der Waals surface area contributed by atoms with Crippen molar-refractivity contribution in [2.24, 2.45) is 0 Å². The topological polar surface area (TPSA) is 57.7 Å². The molecule has 0 unspecified atom stereocenters. The first-order valence-electron chi connectivity index (χ1n) is 7.60. The lowest BCUT2D eigenvalue weighted by Crippen LogP contribution is -2.37. The second-order valence-electron chi connectivity index (χ2n) is 6.05. The van der Waals surface area contributed by atoms with Crippen LogP contribution in [0.4, 0.5) is 20.6 Å². The molecular formula is C17H15FN2O3S. The average molecular weight is 346 g/mol. The van der Waals surface area contributed by atoms with Gasteiger partial charge in [-0.05, 0) is 36.4 Å². The summed E-state index contributed by atoms with van der Waals surface area (Å²) >= 11 is 0. The molecule has 2 aliphatic rings. The van der Waals surface area contributed by atoms with Crippen LogP contribution in [0.5, 0.6) is 0 Å². The molecule has 124 valence electrons. The van der Waals surface area contributed by atoms with Gasteiger partial charge in [-0.15, -0.1) is 0 Å². The molecule has 0 spiro atoms. The van der Waals surface area contributed by atoms with E-state index in [0.29, 0.717) is 11.4 Å². The number of hydrogen-bond donors (Lipinski definition) is 0. The zero-order valence-electron chi connectivity index (χ0n) is 12.7. The number of urea groups is 1. The maximum Gasteiger partial charge on any atom is 0.329 e. The molecule has 0 N–H and O–H groups in total. The van der Waals surface area contributed by atoms with Gasteiger partial charge in [0.05, 0.1) is 23.6 Å². The zero-order chi connectivity index (χ0) is 16.9. The summed E-state index contributed by atoms with van der Waals surface area (Å²) in [7, 11) is -3.23. The van der Waals surface area contributed by atoms with Gasteiger partial charge >= 0.3 is 6.03 Å². The fraction of sp³-hybridized carbons (Fsp3) is 0.235. The van der Waals surface area contributed by atoms with Crippen LogP contribution in [0, 0.1) is 5.82 Å². The highest BCUT2D eigenvalue weighted by Gasteiger charge is 2.54. The molecule has 0 bridgehead atoms. The van der Waals surface area contributed by atoms with E-state index in [-0.39, 0.29) is 17.5 Å². The quantitative estimate of drug-likeness (QED) is 0.785. The molecule has 0 aliphatic carbocycles. The fourth-order valence-corrected chi connectivity index (χ4v) is 5.42. The molecule has 2 aliphatic heterocycles. The highest BCUT2D eigenvalue weighted by Crippen LogP contribution is 2.37. The first kappa shape index (κ1) is 15.1. The number of hydrogen-bond acceptors (Lipinski definition) is 3. The largest absolute Gasteiger partial charge is 0.329 e. The number of fused-ring (bicyclic) bond motifs is 1. The van der Waals surface area contributed by atoms with Crippen LogP contribution in [0.15, 0.2) is 54.6 Å². The maximum atomic E-state index is 13.2. The zero-order valence-corrected chi connectivity index (χ0v) is 13.5. The number of para-hydroxylation sites is 1. The normalized spacial score (nSPS) is 25.1. The van der Waals surface area contributed by atoms with Crippen LogP contribution in [0.3, 0.4) is 0 Å². The van der Waals surface area contributed by atoms with Crippen LogP contribution in [0.2, 0.25) is 0 Å². The van der Waals surface area contributed by atoms with Crippen molar-refractivity contribution in [1.29, 1.82) is 0 Å². The summed E-state index contributed by atoms with van der Waals surface area (Å²) in [5.41, 5.74) is 1.17. The summed E-state index contributed by atoms with van der Waals surface area (Å²) < 4.78 is 37.5.